The van der Waals surface area contributed by atoms with Gasteiger partial charge in [-0.1, -0.05) is 40.9 Å². The van der Waals surface area contributed by atoms with Crippen molar-refractivity contribution in [3.63, 3.8) is 0 Å². The molecule has 0 fully saturated rings. The number of carbonyl (C=O) groups is 1. The molecule has 0 aliphatic rings. The molecule has 0 aliphatic heterocycles. The molecule has 0 aliphatic carbocycles. The minimum Gasteiger partial charge on any atom is -0.482 e. The van der Waals surface area contributed by atoms with Gasteiger partial charge in [-0.25, -0.2) is 0 Å². The van der Waals surface area contributed by atoms with Gasteiger partial charge in [0.1, 0.15) is 5.75 Å². The van der Waals surface area contributed by atoms with Gasteiger partial charge in [0.2, 0.25) is 0 Å². The maximum Gasteiger partial charge on any atom is 0.258 e. The number of carbonyl (C=O) groups excluding carboxylic acids is 1. The highest BCUT2D eigenvalue weighted by Gasteiger charge is 2.12. The van der Waals surface area contributed by atoms with E-state index in [1.54, 1.807) is 11.3 Å². The fourth-order valence-corrected chi connectivity index (χ4v) is 2.98. The number of thiophene rings is 1. The van der Waals surface area contributed by atoms with Crippen molar-refractivity contribution < 1.29 is 9.53 Å². The first-order chi connectivity index (χ1) is 9.97. The molecule has 1 heterocycles. The van der Waals surface area contributed by atoms with Gasteiger partial charge in [0, 0.05) is 10.9 Å². The monoisotopic (exact) mass is 363 g/mol. The van der Waals surface area contributed by atoms with Gasteiger partial charge < -0.3 is 10.1 Å². The Morgan fingerprint density at radius 1 is 1.29 bits per heavy atom. The second kappa shape index (κ2) is 7.36. The largest absolute Gasteiger partial charge is 0.482 e. The van der Waals surface area contributed by atoms with Crippen LogP contribution in [0.2, 0.25) is 15.1 Å². The molecular formula is C14H12Cl3NO2S. The van der Waals surface area contributed by atoms with Crippen molar-refractivity contribution in [1.29, 1.82) is 0 Å². The van der Waals surface area contributed by atoms with E-state index in [4.69, 9.17) is 39.5 Å². The number of amides is 1. The second-order valence-corrected chi connectivity index (χ2v) is 6.49. The van der Waals surface area contributed by atoms with Crippen LogP contribution in [0, 0.1) is 0 Å². The van der Waals surface area contributed by atoms with Gasteiger partial charge in [-0.05, 0) is 24.4 Å². The van der Waals surface area contributed by atoms with Crippen molar-refractivity contribution >= 4 is 52.0 Å². The highest BCUT2D eigenvalue weighted by molar-refractivity contribution is 7.10. The van der Waals surface area contributed by atoms with Crippen LogP contribution in [0.4, 0.5) is 0 Å². The zero-order chi connectivity index (χ0) is 15.4. The fraction of sp³-hybridized carbons (Fsp3) is 0.214. The molecule has 0 bridgehead atoms. The summed E-state index contributed by atoms with van der Waals surface area (Å²) in [6, 6.07) is 6.81. The van der Waals surface area contributed by atoms with Crippen molar-refractivity contribution in [1.82, 2.24) is 5.32 Å². The number of hydrogen-bond acceptors (Lipinski definition) is 3. The Balaban J connectivity index is 1.91. The predicted octanol–water partition coefficient (Wildman–Crippen LogP) is 4.96. The maximum absolute atomic E-state index is 11.9. The summed E-state index contributed by atoms with van der Waals surface area (Å²) in [4.78, 5) is 12.9. The van der Waals surface area contributed by atoms with Gasteiger partial charge in [-0.15, -0.1) is 11.3 Å². The molecule has 21 heavy (non-hydrogen) atoms. The van der Waals surface area contributed by atoms with E-state index in [2.05, 4.69) is 5.32 Å². The third kappa shape index (κ3) is 4.51. The number of nitrogens with one attached hydrogen (secondary N) is 1. The molecule has 2 rings (SSSR count). The quantitative estimate of drug-likeness (QED) is 0.761. The van der Waals surface area contributed by atoms with E-state index in [0.717, 1.165) is 4.88 Å². The summed E-state index contributed by atoms with van der Waals surface area (Å²) in [6.45, 7) is 1.77. The van der Waals surface area contributed by atoms with Gasteiger partial charge in [0.15, 0.2) is 6.61 Å². The summed E-state index contributed by atoms with van der Waals surface area (Å²) >= 11 is 19.3. The summed E-state index contributed by atoms with van der Waals surface area (Å²) in [5.74, 6) is 0.0861. The van der Waals surface area contributed by atoms with Crippen LogP contribution >= 0.6 is 46.1 Å². The van der Waals surface area contributed by atoms with E-state index in [0.29, 0.717) is 20.8 Å². The van der Waals surface area contributed by atoms with E-state index < -0.39 is 0 Å². The van der Waals surface area contributed by atoms with E-state index >= 15 is 0 Å². The van der Waals surface area contributed by atoms with Crippen molar-refractivity contribution in [2.45, 2.75) is 13.0 Å². The van der Waals surface area contributed by atoms with Crippen molar-refractivity contribution in [3.8, 4) is 5.75 Å². The molecule has 0 saturated heterocycles. The third-order valence-electron chi connectivity index (χ3n) is 2.68. The highest BCUT2D eigenvalue weighted by Crippen LogP contribution is 2.33. The van der Waals surface area contributed by atoms with Crippen LogP contribution in [-0.2, 0) is 4.79 Å². The SMILES string of the molecule is C[C@H](NC(=O)COc1cc(Cl)c(Cl)cc1Cl)c1cccs1. The zero-order valence-corrected chi connectivity index (χ0v) is 14.1. The molecule has 7 heteroatoms. The van der Waals surface area contributed by atoms with Crippen LogP contribution in [0.3, 0.4) is 0 Å². The molecule has 1 amide bonds. The Morgan fingerprint density at radius 3 is 2.67 bits per heavy atom. The molecule has 1 N–H and O–H groups in total. The standard InChI is InChI=1S/C14H12Cl3NO2S/c1-8(13-3-2-4-21-13)18-14(19)7-20-12-6-10(16)9(15)5-11(12)17/h2-6,8H,7H2,1H3,(H,18,19)/t8-/m0/s1. The molecule has 1 aromatic carbocycles. The first kappa shape index (κ1) is 16.4. The van der Waals surface area contributed by atoms with Gasteiger partial charge in [0.05, 0.1) is 21.1 Å². The minimum absolute atomic E-state index is 0.0645. The van der Waals surface area contributed by atoms with Crippen LogP contribution in [0.5, 0.6) is 5.75 Å². The first-order valence-corrected chi connectivity index (χ1v) is 8.09. The van der Waals surface area contributed by atoms with Crippen molar-refractivity contribution in [2.24, 2.45) is 0 Å². The van der Waals surface area contributed by atoms with Crippen LogP contribution < -0.4 is 10.1 Å². The number of hydrogen-bond donors (Lipinski definition) is 1. The van der Waals surface area contributed by atoms with Gasteiger partial charge >= 0.3 is 0 Å². The smallest absolute Gasteiger partial charge is 0.258 e. The molecule has 0 spiro atoms. The lowest BCUT2D eigenvalue weighted by Crippen LogP contribution is -2.30. The molecular weight excluding hydrogens is 353 g/mol. The van der Waals surface area contributed by atoms with Crippen molar-refractivity contribution in [2.75, 3.05) is 6.61 Å². The summed E-state index contributed by atoms with van der Waals surface area (Å²) in [5.41, 5.74) is 0. The zero-order valence-electron chi connectivity index (χ0n) is 11.0. The Hall–Kier alpha value is -0.940. The number of halogens is 3. The van der Waals surface area contributed by atoms with Gasteiger partial charge in [0.25, 0.3) is 5.91 Å². The normalized spacial score (nSPS) is 12.0. The molecule has 0 radical (unpaired) electrons. The molecule has 0 unspecified atom stereocenters. The van der Waals surface area contributed by atoms with Gasteiger partial charge in [-0.3, -0.25) is 4.79 Å². The summed E-state index contributed by atoms with van der Waals surface area (Å²) < 4.78 is 5.37. The summed E-state index contributed by atoms with van der Waals surface area (Å²) in [5, 5.41) is 5.77. The Bertz CT molecular complexity index is 631. The predicted molar refractivity (Wildman–Crippen MR) is 87.8 cm³/mol. The van der Waals surface area contributed by atoms with E-state index in [1.165, 1.54) is 12.1 Å². The fourth-order valence-electron chi connectivity index (χ4n) is 1.65. The lowest BCUT2D eigenvalue weighted by Gasteiger charge is -2.13. The number of benzene rings is 1. The Morgan fingerprint density at radius 2 is 2.00 bits per heavy atom. The Kier molecular flexibility index (Phi) is 5.76. The van der Waals surface area contributed by atoms with Crippen molar-refractivity contribution in [3.05, 3.63) is 49.6 Å². The third-order valence-corrected chi connectivity index (χ3v) is 4.75. The number of rotatable bonds is 5. The highest BCUT2D eigenvalue weighted by atomic mass is 35.5. The average Bonchev–Trinajstić information content (AvgIpc) is 2.95. The molecule has 3 nitrogen and oxygen atoms in total. The Labute approximate surface area is 141 Å². The molecule has 112 valence electrons. The summed E-state index contributed by atoms with van der Waals surface area (Å²) in [7, 11) is 0. The van der Waals surface area contributed by atoms with E-state index in [1.807, 2.05) is 24.4 Å². The van der Waals surface area contributed by atoms with Gasteiger partial charge in [-0.2, -0.15) is 0 Å². The molecule has 2 aromatic rings. The number of ether oxygens (including phenoxy) is 1. The minimum atomic E-state index is -0.238. The lowest BCUT2D eigenvalue weighted by atomic mass is 10.3. The molecule has 1 aromatic heterocycles. The van der Waals surface area contributed by atoms with E-state index in [9.17, 15) is 4.79 Å². The molecule has 1 atom stereocenters. The van der Waals surface area contributed by atoms with E-state index in [-0.39, 0.29) is 18.6 Å². The first-order valence-electron chi connectivity index (χ1n) is 6.07. The lowest BCUT2D eigenvalue weighted by molar-refractivity contribution is -0.123. The average molecular weight is 365 g/mol. The van der Waals surface area contributed by atoms with Crippen LogP contribution in [-0.4, -0.2) is 12.5 Å². The summed E-state index contributed by atoms with van der Waals surface area (Å²) in [6.07, 6.45) is 0. The van der Waals surface area contributed by atoms with Crippen LogP contribution in [0.25, 0.3) is 0 Å². The molecule has 0 saturated carbocycles. The van der Waals surface area contributed by atoms with Crippen LogP contribution in [0.1, 0.15) is 17.8 Å². The topological polar surface area (TPSA) is 38.3 Å². The maximum atomic E-state index is 11.9. The van der Waals surface area contributed by atoms with Crippen LogP contribution in [0.15, 0.2) is 29.6 Å². The second-order valence-electron chi connectivity index (χ2n) is 4.29.